The van der Waals surface area contributed by atoms with E-state index >= 15 is 0 Å². The van der Waals surface area contributed by atoms with E-state index in [4.69, 9.17) is 0 Å². The van der Waals surface area contributed by atoms with Crippen molar-refractivity contribution in [3.63, 3.8) is 0 Å². The molecule has 0 bridgehead atoms. The first-order chi connectivity index (χ1) is 10.3. The van der Waals surface area contributed by atoms with Gasteiger partial charge < -0.3 is 5.11 Å². The standard InChI is InChI=1S/C20H30O2/c1-18-9-6-14(21)12-13(18)4-5-15-16(18)7-10-19(2)17(15)8-11-20(19,3)22/h12,15-17,22H,4-11H2,1-3H3/t15-,16+,17+,18+,19+,20?/m1/s1. The Kier molecular flexibility index (Phi) is 3.03. The van der Waals surface area contributed by atoms with Gasteiger partial charge in [-0.25, -0.2) is 0 Å². The Morgan fingerprint density at radius 3 is 2.50 bits per heavy atom. The van der Waals surface area contributed by atoms with Crippen molar-refractivity contribution in [1.29, 1.82) is 0 Å². The van der Waals surface area contributed by atoms with Gasteiger partial charge >= 0.3 is 0 Å². The number of hydrogen-bond acceptors (Lipinski definition) is 2. The predicted molar refractivity (Wildman–Crippen MR) is 87.3 cm³/mol. The molecule has 2 heteroatoms. The summed E-state index contributed by atoms with van der Waals surface area (Å²) < 4.78 is 0. The van der Waals surface area contributed by atoms with Crippen molar-refractivity contribution in [3.8, 4) is 0 Å². The van der Waals surface area contributed by atoms with Gasteiger partial charge in [0.2, 0.25) is 0 Å². The molecule has 4 aliphatic carbocycles. The SMILES string of the molecule is CC1(O)CC[C@H]2[C@@H]3CCC4=CC(=O)CC[C@]4(C)[C@H]3CC[C@@]21C. The zero-order valence-corrected chi connectivity index (χ0v) is 14.3. The van der Waals surface area contributed by atoms with Gasteiger partial charge in [-0.15, -0.1) is 0 Å². The summed E-state index contributed by atoms with van der Waals surface area (Å²) in [5, 5.41) is 10.9. The number of fused-ring (bicyclic) bond motifs is 5. The molecule has 1 N–H and O–H groups in total. The van der Waals surface area contributed by atoms with Crippen LogP contribution >= 0.6 is 0 Å². The molecule has 0 aromatic rings. The minimum atomic E-state index is -0.484. The smallest absolute Gasteiger partial charge is 0.155 e. The fourth-order valence-corrected chi connectivity index (χ4v) is 6.80. The summed E-state index contributed by atoms with van der Waals surface area (Å²) in [4.78, 5) is 11.8. The van der Waals surface area contributed by atoms with Crippen LogP contribution in [0, 0.1) is 28.6 Å². The maximum atomic E-state index is 11.8. The molecule has 2 nitrogen and oxygen atoms in total. The Balaban J connectivity index is 1.70. The van der Waals surface area contributed by atoms with Crippen LogP contribution in [0.1, 0.15) is 72.1 Å². The largest absolute Gasteiger partial charge is 0.390 e. The summed E-state index contributed by atoms with van der Waals surface area (Å²) in [5.41, 5.74) is 1.32. The Morgan fingerprint density at radius 2 is 1.73 bits per heavy atom. The predicted octanol–water partition coefficient (Wildman–Crippen LogP) is 4.27. The molecule has 0 aromatic heterocycles. The summed E-state index contributed by atoms with van der Waals surface area (Å²) in [6.07, 6.45) is 10.7. The molecule has 1 unspecified atom stereocenters. The Hall–Kier alpha value is -0.630. The third-order valence-corrected chi connectivity index (χ3v) is 8.52. The van der Waals surface area contributed by atoms with Crippen LogP contribution in [0.25, 0.3) is 0 Å². The molecule has 0 aliphatic heterocycles. The molecule has 3 fully saturated rings. The molecule has 0 amide bonds. The number of carbonyl (C=O) groups excluding carboxylic acids is 1. The molecule has 22 heavy (non-hydrogen) atoms. The molecule has 4 aliphatic rings. The van der Waals surface area contributed by atoms with Crippen LogP contribution in [0.2, 0.25) is 0 Å². The Morgan fingerprint density at radius 1 is 1.00 bits per heavy atom. The molecular formula is C20H30O2. The van der Waals surface area contributed by atoms with Crippen LogP contribution < -0.4 is 0 Å². The fourth-order valence-electron chi connectivity index (χ4n) is 6.80. The number of carbonyl (C=O) groups is 1. The number of rotatable bonds is 0. The first kappa shape index (κ1) is 14.9. The first-order valence-electron chi connectivity index (χ1n) is 9.24. The van der Waals surface area contributed by atoms with E-state index in [-0.39, 0.29) is 10.8 Å². The molecule has 0 heterocycles. The van der Waals surface area contributed by atoms with Crippen molar-refractivity contribution in [2.75, 3.05) is 0 Å². The average molecular weight is 302 g/mol. The van der Waals surface area contributed by atoms with Crippen LogP contribution in [0.15, 0.2) is 11.6 Å². The van der Waals surface area contributed by atoms with Gasteiger partial charge in [-0.1, -0.05) is 19.4 Å². The maximum Gasteiger partial charge on any atom is 0.155 e. The molecule has 0 spiro atoms. The van der Waals surface area contributed by atoms with E-state index in [2.05, 4.69) is 20.8 Å². The molecular weight excluding hydrogens is 272 g/mol. The molecule has 3 saturated carbocycles. The van der Waals surface area contributed by atoms with Gasteiger partial charge in [0.15, 0.2) is 5.78 Å². The lowest BCUT2D eigenvalue weighted by Crippen LogP contribution is -2.53. The first-order valence-corrected chi connectivity index (χ1v) is 9.24. The van der Waals surface area contributed by atoms with Gasteiger partial charge in [-0.2, -0.15) is 0 Å². The van der Waals surface area contributed by atoms with Crippen molar-refractivity contribution < 1.29 is 9.90 Å². The van der Waals surface area contributed by atoms with E-state index in [1.54, 1.807) is 0 Å². The minimum Gasteiger partial charge on any atom is -0.390 e. The van der Waals surface area contributed by atoms with E-state index in [9.17, 15) is 9.90 Å². The van der Waals surface area contributed by atoms with E-state index in [0.717, 1.165) is 43.9 Å². The summed E-state index contributed by atoms with van der Waals surface area (Å²) in [7, 11) is 0. The zero-order chi connectivity index (χ0) is 15.8. The van der Waals surface area contributed by atoms with Crippen LogP contribution in [-0.4, -0.2) is 16.5 Å². The van der Waals surface area contributed by atoms with Crippen LogP contribution in [0.4, 0.5) is 0 Å². The van der Waals surface area contributed by atoms with E-state index in [1.807, 2.05) is 6.08 Å². The van der Waals surface area contributed by atoms with E-state index in [0.29, 0.717) is 11.7 Å². The number of aliphatic hydroxyl groups is 1. The van der Waals surface area contributed by atoms with Crippen LogP contribution in [0.3, 0.4) is 0 Å². The van der Waals surface area contributed by atoms with E-state index < -0.39 is 5.60 Å². The normalized spacial score (nSPS) is 54.3. The highest BCUT2D eigenvalue weighted by atomic mass is 16.3. The second kappa shape index (κ2) is 4.47. The van der Waals surface area contributed by atoms with Crippen LogP contribution in [0.5, 0.6) is 0 Å². The van der Waals surface area contributed by atoms with Gasteiger partial charge in [-0.3, -0.25) is 4.79 Å². The zero-order valence-electron chi connectivity index (χ0n) is 14.3. The lowest BCUT2D eigenvalue weighted by Gasteiger charge is -2.58. The quantitative estimate of drug-likeness (QED) is 0.725. The molecule has 6 atom stereocenters. The van der Waals surface area contributed by atoms with Crippen molar-refractivity contribution in [2.45, 2.75) is 77.7 Å². The highest BCUT2D eigenvalue weighted by Gasteiger charge is 2.62. The topological polar surface area (TPSA) is 37.3 Å². The van der Waals surface area contributed by atoms with Gasteiger partial charge in [-0.05, 0) is 86.5 Å². The maximum absolute atomic E-state index is 11.8. The van der Waals surface area contributed by atoms with Crippen LogP contribution in [-0.2, 0) is 4.79 Å². The molecule has 4 rings (SSSR count). The second-order valence-electron chi connectivity index (χ2n) is 9.24. The lowest BCUT2D eigenvalue weighted by atomic mass is 9.46. The Labute approximate surface area is 134 Å². The molecule has 122 valence electrons. The summed E-state index contributed by atoms with van der Waals surface area (Å²) in [6.45, 7) is 6.85. The fraction of sp³-hybridized carbons (Fsp3) is 0.850. The minimum absolute atomic E-state index is 0.107. The van der Waals surface area contributed by atoms with Crippen molar-refractivity contribution in [3.05, 3.63) is 11.6 Å². The number of ketones is 1. The average Bonchev–Trinajstić information content (AvgIpc) is 2.70. The van der Waals surface area contributed by atoms with Gasteiger partial charge in [0.1, 0.15) is 0 Å². The second-order valence-corrected chi connectivity index (χ2v) is 9.24. The molecule has 0 radical (unpaired) electrons. The van der Waals surface area contributed by atoms with Crippen molar-refractivity contribution in [1.82, 2.24) is 0 Å². The monoisotopic (exact) mass is 302 g/mol. The molecule has 0 saturated heterocycles. The lowest BCUT2D eigenvalue weighted by molar-refractivity contribution is -0.124. The summed E-state index contributed by atoms with van der Waals surface area (Å²) in [5.74, 6) is 2.50. The number of hydrogen-bond donors (Lipinski definition) is 1. The highest BCUT2D eigenvalue weighted by molar-refractivity contribution is 5.91. The van der Waals surface area contributed by atoms with E-state index in [1.165, 1.54) is 24.8 Å². The highest BCUT2D eigenvalue weighted by Crippen LogP contribution is 2.67. The summed E-state index contributed by atoms with van der Waals surface area (Å²) in [6, 6.07) is 0. The van der Waals surface area contributed by atoms with Crippen molar-refractivity contribution >= 4 is 5.78 Å². The third kappa shape index (κ3) is 1.74. The number of allylic oxidation sites excluding steroid dienone is 1. The van der Waals surface area contributed by atoms with Crippen molar-refractivity contribution in [2.24, 2.45) is 28.6 Å². The van der Waals surface area contributed by atoms with Gasteiger partial charge in [0.25, 0.3) is 0 Å². The van der Waals surface area contributed by atoms with Gasteiger partial charge in [0.05, 0.1) is 5.60 Å². The Bertz CT molecular complexity index is 546. The third-order valence-electron chi connectivity index (χ3n) is 8.52. The summed E-state index contributed by atoms with van der Waals surface area (Å²) >= 11 is 0. The van der Waals surface area contributed by atoms with Gasteiger partial charge in [0, 0.05) is 6.42 Å². The molecule has 0 aromatic carbocycles.